The van der Waals surface area contributed by atoms with Gasteiger partial charge in [0.05, 0.1) is 5.71 Å². The van der Waals surface area contributed by atoms with E-state index in [0.29, 0.717) is 15.9 Å². The molecule has 1 aromatic carbocycles. The van der Waals surface area contributed by atoms with Gasteiger partial charge in [0.2, 0.25) is 5.91 Å². The summed E-state index contributed by atoms with van der Waals surface area (Å²) >= 11 is 11.2. The number of halogens is 2. The fraction of sp³-hybridized carbons (Fsp3) is 0.318. The number of pyridine rings is 1. The molecule has 2 amide bonds. The van der Waals surface area contributed by atoms with Crippen molar-refractivity contribution in [3.63, 3.8) is 0 Å². The van der Waals surface area contributed by atoms with E-state index in [0.717, 1.165) is 12.0 Å². The molecule has 1 aromatic heterocycles. The third-order valence-electron chi connectivity index (χ3n) is 2.80. The number of nitrogens with one attached hydrogen (secondary N) is 2. The Labute approximate surface area is 251 Å². The molecule has 2 rings (SSSR count). The molecule has 0 atom stereocenters. The maximum absolute atomic E-state index is 10.6. The predicted molar refractivity (Wildman–Crippen MR) is 123 cm³/mol. The van der Waals surface area contributed by atoms with Crippen LogP contribution < -0.4 is 11.1 Å². The van der Waals surface area contributed by atoms with Gasteiger partial charge in [-0.3, -0.25) is 20.3 Å². The van der Waals surface area contributed by atoms with Crippen LogP contribution in [0.1, 0.15) is 45.6 Å². The number of nitrogen functional groups attached to an aromatic ring is 1. The second-order valence-electron chi connectivity index (χ2n) is 5.66. The van der Waals surface area contributed by atoms with Gasteiger partial charge >= 0.3 is 31.1 Å². The molecule has 0 aliphatic carbocycles. The van der Waals surface area contributed by atoms with Gasteiger partial charge in [0, 0.05) is 39.1 Å². The number of benzene rings is 1. The Hall–Kier alpha value is -0.284. The smallest absolute Gasteiger partial charge is 0.489 e. The molecule has 0 aliphatic heterocycles. The Morgan fingerprint density at radius 3 is 2.00 bits per heavy atom. The van der Waals surface area contributed by atoms with E-state index < -0.39 is 5.91 Å². The summed E-state index contributed by atoms with van der Waals surface area (Å²) in [4.78, 5) is 24.7. The number of carbonyl (C=O) groups excluding carboxylic acids is 2. The first-order valence-electron chi connectivity index (χ1n) is 9.10. The summed E-state index contributed by atoms with van der Waals surface area (Å²) in [7, 11) is 0. The molecule has 2 aromatic rings. The van der Waals surface area contributed by atoms with Crippen molar-refractivity contribution in [2.45, 2.75) is 47.0 Å². The van der Waals surface area contributed by atoms with Crippen molar-refractivity contribution < 1.29 is 73.4 Å². The van der Waals surface area contributed by atoms with Crippen LogP contribution in [-0.4, -0.2) is 22.5 Å². The number of nitrogens with zero attached hydrogens (tertiary/aromatic N) is 1. The van der Waals surface area contributed by atoms with Crippen LogP contribution in [0.5, 0.6) is 0 Å². The van der Waals surface area contributed by atoms with Crippen molar-refractivity contribution in [2.24, 2.45) is 0 Å². The number of hydrogen-bond acceptors (Lipinski definition) is 5. The zero-order valence-corrected chi connectivity index (χ0v) is 27.3. The van der Waals surface area contributed by atoms with Gasteiger partial charge in [-0.25, -0.2) is 0 Å². The second kappa shape index (κ2) is 25.3. The largest absolute Gasteiger partial charge is 2.00 e. The summed E-state index contributed by atoms with van der Waals surface area (Å²) in [6.45, 7) is 10.6. The average molecular weight is 778 g/mol. The summed E-state index contributed by atoms with van der Waals surface area (Å²) in [6, 6.07) is 13.3. The van der Waals surface area contributed by atoms with E-state index >= 15 is 0 Å². The van der Waals surface area contributed by atoms with Gasteiger partial charge in [-0.2, -0.15) is 18.2 Å². The first kappa shape index (κ1) is 39.0. The molecule has 0 aliphatic rings. The van der Waals surface area contributed by atoms with E-state index in [9.17, 15) is 9.59 Å². The molecule has 0 spiro atoms. The first-order chi connectivity index (χ1) is 14.1. The molecular formula is C22H28Cl2N4O2UY-2. The van der Waals surface area contributed by atoms with Gasteiger partial charge in [0.1, 0.15) is 0 Å². The van der Waals surface area contributed by atoms with Crippen molar-refractivity contribution in [3.8, 4) is 0 Å². The van der Waals surface area contributed by atoms with Crippen LogP contribution >= 0.6 is 23.2 Å². The fourth-order valence-corrected chi connectivity index (χ4v) is 1.83. The van der Waals surface area contributed by atoms with Crippen molar-refractivity contribution in [1.82, 2.24) is 10.3 Å². The Balaban J connectivity index is -0.000000166. The number of hydrogen-bond donors (Lipinski definition) is 3. The average Bonchev–Trinajstić information content (AvgIpc) is 2.68. The Kier molecular flexibility index (Phi) is 30.8. The standard InChI is InChI=1S/C7H5Cl2.C6H10N2O2.C5H4N2.C4H9.U.Y/c1-5-2-6(8)4-7(9)3-5;1-3-5(9)8-6(10)4(2)7;6-5-3-1-2-4-7-5;1-3-4-2;;/h2-3H,1H3;7H,3H2,1-2H3,(H,8,9,10);1,4H,(H2,6,7);1,3-4H2,2H3;;/q-1;;-2;-1;+2;. The van der Waals surface area contributed by atoms with Crippen molar-refractivity contribution in [3.05, 3.63) is 65.1 Å². The van der Waals surface area contributed by atoms with E-state index in [1.165, 1.54) is 19.5 Å². The SMILES string of the molecule is CCC(=O)NC(=O)C(C)=N.Cc1cc(Cl)[c-]c(Cl)c1.Nc1[c-]c[c-]cn1.[CH2-]CCC.[U+2].[Y]. The van der Waals surface area contributed by atoms with Crippen LogP contribution in [0.2, 0.25) is 10.0 Å². The molecule has 1 radical (unpaired) electrons. The quantitative estimate of drug-likeness (QED) is 0.299. The minimum Gasteiger partial charge on any atom is -0.489 e. The van der Waals surface area contributed by atoms with E-state index in [4.69, 9.17) is 34.3 Å². The number of rotatable bonds is 3. The minimum atomic E-state index is -0.619. The zero-order valence-electron chi connectivity index (χ0n) is 18.8. The molecule has 4 N–H and O–H groups in total. The Bertz CT molecular complexity index is 729. The van der Waals surface area contributed by atoms with Gasteiger partial charge in [-0.05, 0) is 6.92 Å². The fourth-order valence-electron chi connectivity index (χ4n) is 1.23. The van der Waals surface area contributed by atoms with Crippen LogP contribution in [0.4, 0.5) is 5.82 Å². The van der Waals surface area contributed by atoms with Gasteiger partial charge in [0.15, 0.2) is 0 Å². The summed E-state index contributed by atoms with van der Waals surface area (Å²) in [5, 5.41) is 9.97. The van der Waals surface area contributed by atoms with Crippen molar-refractivity contribution in [1.29, 1.82) is 5.41 Å². The molecule has 1 heterocycles. The van der Waals surface area contributed by atoms with Crippen LogP contribution in [0, 0.1) is 68.6 Å². The molecule has 10 heteroatoms. The number of amides is 2. The summed E-state index contributed by atoms with van der Waals surface area (Å²) in [5.74, 6) is -0.554. The monoisotopic (exact) mass is 777 g/mol. The molecule has 0 fully saturated rings. The molecular weight excluding hydrogens is 750 g/mol. The van der Waals surface area contributed by atoms with Crippen molar-refractivity contribution in [2.75, 3.05) is 5.73 Å². The number of aromatic nitrogens is 1. The normalized spacial score (nSPS) is 8.22. The maximum atomic E-state index is 10.6. The minimum absolute atomic E-state index is 0. The number of aryl methyl sites for hydroxylation is 1. The molecule has 0 unspecified atom stereocenters. The van der Waals surface area contributed by atoms with Crippen LogP contribution in [0.25, 0.3) is 0 Å². The zero-order chi connectivity index (χ0) is 23.5. The summed E-state index contributed by atoms with van der Waals surface area (Å²) in [5.41, 5.74) is 6.08. The summed E-state index contributed by atoms with van der Waals surface area (Å²) < 4.78 is 0. The number of imide groups is 1. The molecule has 32 heavy (non-hydrogen) atoms. The van der Waals surface area contributed by atoms with Crippen LogP contribution in [0.3, 0.4) is 0 Å². The maximum Gasteiger partial charge on any atom is 2.00 e. The second-order valence-corrected chi connectivity index (χ2v) is 6.48. The van der Waals surface area contributed by atoms with Crippen LogP contribution in [0.15, 0.2) is 24.4 Å². The third kappa shape index (κ3) is 26.0. The Morgan fingerprint density at radius 1 is 1.25 bits per heavy atom. The molecule has 0 bridgehead atoms. The van der Waals surface area contributed by atoms with Gasteiger partial charge in [-0.1, -0.05) is 43.1 Å². The predicted octanol–water partition coefficient (Wildman–Crippen LogP) is 5.06. The number of nitrogens with two attached hydrogens (primary N) is 1. The third-order valence-corrected chi connectivity index (χ3v) is 3.20. The van der Waals surface area contributed by atoms with E-state index in [1.807, 2.05) is 24.4 Å². The molecule has 0 saturated heterocycles. The molecule has 0 saturated carbocycles. The number of unbranched alkanes of at least 4 members (excludes halogenated alkanes) is 1. The molecule has 6 nitrogen and oxygen atoms in total. The summed E-state index contributed by atoms with van der Waals surface area (Å²) in [6.07, 6.45) is 4.05. The van der Waals surface area contributed by atoms with E-state index in [-0.39, 0.29) is 81.9 Å². The number of anilines is 1. The number of carbonyl (C=O) groups is 2. The van der Waals surface area contributed by atoms with E-state index in [1.54, 1.807) is 13.0 Å². The van der Waals surface area contributed by atoms with E-state index in [2.05, 4.69) is 37.0 Å². The van der Waals surface area contributed by atoms with Crippen molar-refractivity contribution >= 4 is 46.5 Å². The van der Waals surface area contributed by atoms with Gasteiger partial charge in [-0.15, -0.1) is 41.4 Å². The molecule has 171 valence electrons. The van der Waals surface area contributed by atoms with Crippen LogP contribution in [-0.2, 0) is 42.3 Å². The first-order valence-corrected chi connectivity index (χ1v) is 9.85. The Morgan fingerprint density at radius 2 is 1.75 bits per heavy atom. The topological polar surface area (TPSA) is 109 Å². The van der Waals surface area contributed by atoms with Gasteiger partial charge in [0.25, 0.3) is 5.91 Å². The van der Waals surface area contributed by atoms with Gasteiger partial charge < -0.3 is 35.8 Å².